The smallest absolute Gasteiger partial charge is 0.394 e. The first kappa shape index (κ1) is 25.0. The van der Waals surface area contributed by atoms with Crippen LogP contribution in [0.1, 0.15) is 17.7 Å². The first-order valence-electron chi connectivity index (χ1n) is 10.6. The molecule has 0 aliphatic carbocycles. The van der Waals surface area contributed by atoms with Gasteiger partial charge in [-0.15, -0.1) is 0 Å². The van der Waals surface area contributed by atoms with Crippen molar-refractivity contribution in [2.24, 2.45) is 0 Å². The monoisotopic (exact) mass is 525 g/mol. The summed E-state index contributed by atoms with van der Waals surface area (Å²) in [4.78, 5) is 18.6. The quantitative estimate of drug-likeness (QED) is 0.455. The van der Waals surface area contributed by atoms with Gasteiger partial charge in [-0.3, -0.25) is 9.67 Å². The van der Waals surface area contributed by atoms with Crippen LogP contribution >= 0.6 is 23.2 Å². The second-order valence-electron chi connectivity index (χ2n) is 7.82. The molecule has 2 amide bonds. The van der Waals surface area contributed by atoms with Crippen molar-refractivity contribution in [3.8, 4) is 11.1 Å². The maximum absolute atomic E-state index is 12.9. The van der Waals surface area contributed by atoms with E-state index in [9.17, 15) is 18.0 Å². The molecule has 1 aliphatic heterocycles. The summed E-state index contributed by atoms with van der Waals surface area (Å²) < 4.78 is 40.2. The predicted octanol–water partition coefficient (Wildman–Crippen LogP) is 5.58. The number of alkyl halides is 3. The molecule has 0 saturated heterocycles. The Morgan fingerprint density at radius 2 is 1.94 bits per heavy atom. The molecule has 12 heteroatoms. The van der Waals surface area contributed by atoms with Gasteiger partial charge in [-0.05, 0) is 36.3 Å². The molecule has 184 valence electrons. The number of rotatable bonds is 5. The van der Waals surface area contributed by atoms with E-state index in [1.807, 2.05) is 6.08 Å². The Morgan fingerprint density at radius 1 is 1.14 bits per heavy atom. The van der Waals surface area contributed by atoms with Gasteiger partial charge < -0.3 is 15.3 Å². The molecular formula is C23H20Cl2F3N5O2. The molecule has 2 N–H and O–H groups in total. The molecule has 0 radical (unpaired) electrons. The zero-order valence-corrected chi connectivity index (χ0v) is 19.7. The molecular weight excluding hydrogens is 506 g/mol. The third kappa shape index (κ3) is 5.77. The van der Waals surface area contributed by atoms with Crippen LogP contribution in [0, 0.1) is 0 Å². The average molecular weight is 526 g/mol. The Morgan fingerprint density at radius 3 is 2.57 bits per heavy atom. The number of anilines is 1. The van der Waals surface area contributed by atoms with Crippen molar-refractivity contribution in [3.05, 3.63) is 70.2 Å². The molecule has 7 nitrogen and oxygen atoms in total. The number of nitrogens with zero attached hydrogens (tertiary/aromatic N) is 4. The lowest BCUT2D eigenvalue weighted by atomic mass is 10.0. The second kappa shape index (κ2) is 10.3. The summed E-state index contributed by atoms with van der Waals surface area (Å²) >= 11 is 12.2. The van der Waals surface area contributed by atoms with Gasteiger partial charge in [-0.1, -0.05) is 29.3 Å². The Balaban J connectivity index is 1.41. The van der Waals surface area contributed by atoms with Crippen molar-refractivity contribution in [2.45, 2.75) is 19.1 Å². The van der Waals surface area contributed by atoms with E-state index >= 15 is 0 Å². The van der Waals surface area contributed by atoms with Crippen molar-refractivity contribution < 1.29 is 23.1 Å². The number of benzene rings is 1. The number of carbonyl (C=O) groups is 1. The number of aromatic nitrogens is 3. The third-order valence-corrected chi connectivity index (χ3v) is 6.06. The van der Waals surface area contributed by atoms with E-state index in [-0.39, 0.29) is 18.8 Å². The van der Waals surface area contributed by atoms with Crippen molar-refractivity contribution in [1.29, 1.82) is 0 Å². The lowest BCUT2D eigenvalue weighted by molar-refractivity contribution is -0.137. The molecule has 3 aromatic rings. The highest BCUT2D eigenvalue weighted by Crippen LogP contribution is 2.36. The Hall–Kier alpha value is -3.08. The fraction of sp³-hybridized carbons (Fsp3) is 0.261. The highest BCUT2D eigenvalue weighted by Gasteiger charge is 2.33. The number of pyridine rings is 1. The Labute approximate surface area is 208 Å². The van der Waals surface area contributed by atoms with Crippen molar-refractivity contribution in [2.75, 3.05) is 25.0 Å². The number of carbonyl (C=O) groups excluding carboxylic acids is 1. The summed E-state index contributed by atoms with van der Waals surface area (Å²) in [6.07, 6.45) is 2.93. The Bertz CT molecular complexity index is 1280. The van der Waals surface area contributed by atoms with E-state index in [4.69, 9.17) is 28.3 Å². The lowest BCUT2D eigenvalue weighted by Crippen LogP contribution is -2.38. The molecule has 0 fully saturated rings. The minimum atomic E-state index is -4.57. The predicted molar refractivity (Wildman–Crippen MR) is 127 cm³/mol. The van der Waals surface area contributed by atoms with Crippen LogP contribution in [0.2, 0.25) is 10.0 Å². The van der Waals surface area contributed by atoms with E-state index in [2.05, 4.69) is 15.4 Å². The molecule has 0 unspecified atom stereocenters. The van der Waals surface area contributed by atoms with Crippen LogP contribution in [-0.2, 0) is 12.7 Å². The number of amides is 2. The highest BCUT2D eigenvalue weighted by atomic mass is 35.5. The maximum Gasteiger partial charge on any atom is 0.417 e. The van der Waals surface area contributed by atoms with Crippen LogP contribution in [-0.4, -0.2) is 50.5 Å². The normalized spacial score (nSPS) is 14.1. The van der Waals surface area contributed by atoms with Crippen LogP contribution < -0.4 is 5.32 Å². The molecule has 0 bridgehead atoms. The molecule has 3 heterocycles. The lowest BCUT2D eigenvalue weighted by Gasteiger charge is -2.27. The molecule has 35 heavy (non-hydrogen) atoms. The summed E-state index contributed by atoms with van der Waals surface area (Å²) in [5.41, 5.74) is 2.33. The van der Waals surface area contributed by atoms with E-state index in [1.165, 1.54) is 4.90 Å². The molecule has 1 aromatic carbocycles. The van der Waals surface area contributed by atoms with Crippen molar-refractivity contribution in [3.63, 3.8) is 0 Å². The standard InChI is InChI=1S/C23H20Cl2F3N5O2/c24-19-10-17(1-2-18(19)23(26,27)28)31-22(35)32-5-3-14(4-6-32)21-20(25)9-15(11-29-21)16-12-30-33(13-16)7-8-34/h1-3,9-13,34H,4-8H2,(H,31,35). The zero-order chi connectivity index (χ0) is 25.2. The van der Waals surface area contributed by atoms with Crippen molar-refractivity contribution in [1.82, 2.24) is 19.7 Å². The van der Waals surface area contributed by atoms with E-state index < -0.39 is 22.8 Å². The van der Waals surface area contributed by atoms with Crippen LogP contribution in [0.3, 0.4) is 0 Å². The Kier molecular flexibility index (Phi) is 7.34. The topological polar surface area (TPSA) is 83.3 Å². The first-order chi connectivity index (χ1) is 16.7. The van der Waals surface area contributed by atoms with E-state index in [0.717, 1.165) is 34.9 Å². The minimum absolute atomic E-state index is 0.0135. The molecule has 1 aliphatic rings. The molecule has 4 rings (SSSR count). The molecule has 0 spiro atoms. The van der Waals surface area contributed by atoms with Gasteiger partial charge in [-0.25, -0.2) is 4.79 Å². The largest absolute Gasteiger partial charge is 0.417 e. The SMILES string of the molecule is O=C(Nc1ccc(C(F)(F)F)c(Cl)c1)N1CC=C(c2ncc(-c3cnn(CCO)c3)cc2Cl)CC1. The highest BCUT2D eigenvalue weighted by molar-refractivity contribution is 6.32. The molecule has 2 aromatic heterocycles. The fourth-order valence-corrected chi connectivity index (χ4v) is 4.24. The maximum atomic E-state index is 12.9. The summed E-state index contributed by atoms with van der Waals surface area (Å²) in [7, 11) is 0. The van der Waals surface area contributed by atoms with Gasteiger partial charge in [0.25, 0.3) is 0 Å². The van der Waals surface area contributed by atoms with Gasteiger partial charge in [0.2, 0.25) is 0 Å². The van der Waals surface area contributed by atoms with Gasteiger partial charge in [0.1, 0.15) is 0 Å². The van der Waals surface area contributed by atoms with Gasteiger partial charge in [0.15, 0.2) is 0 Å². The van der Waals surface area contributed by atoms with Crippen LogP contribution in [0.15, 0.2) is 48.9 Å². The second-order valence-corrected chi connectivity index (χ2v) is 8.63. The van der Waals surface area contributed by atoms with Gasteiger partial charge in [0, 0.05) is 42.3 Å². The average Bonchev–Trinajstić information content (AvgIpc) is 3.27. The van der Waals surface area contributed by atoms with Gasteiger partial charge in [-0.2, -0.15) is 18.3 Å². The van der Waals surface area contributed by atoms with E-state index in [1.54, 1.807) is 29.3 Å². The summed E-state index contributed by atoms with van der Waals surface area (Å²) in [5, 5.41) is 15.7. The summed E-state index contributed by atoms with van der Waals surface area (Å²) in [6.45, 7) is 1.03. The third-order valence-electron chi connectivity index (χ3n) is 5.46. The number of hydrogen-bond donors (Lipinski definition) is 2. The fourth-order valence-electron chi connectivity index (χ4n) is 3.66. The van der Waals surface area contributed by atoms with Crippen molar-refractivity contribution >= 4 is 40.5 Å². The summed E-state index contributed by atoms with van der Waals surface area (Å²) in [6, 6.07) is 4.41. The summed E-state index contributed by atoms with van der Waals surface area (Å²) in [5.74, 6) is 0. The molecule has 0 atom stereocenters. The number of halogens is 5. The minimum Gasteiger partial charge on any atom is -0.394 e. The van der Waals surface area contributed by atoms with E-state index in [0.29, 0.717) is 30.2 Å². The zero-order valence-electron chi connectivity index (χ0n) is 18.2. The number of urea groups is 1. The van der Waals surface area contributed by atoms with Gasteiger partial charge in [0.05, 0.1) is 40.7 Å². The van der Waals surface area contributed by atoms with Gasteiger partial charge >= 0.3 is 12.2 Å². The first-order valence-corrected chi connectivity index (χ1v) is 11.3. The molecule has 0 saturated carbocycles. The number of hydrogen-bond acceptors (Lipinski definition) is 4. The van der Waals surface area contributed by atoms with Crippen LogP contribution in [0.25, 0.3) is 16.7 Å². The van der Waals surface area contributed by atoms with Crippen LogP contribution in [0.5, 0.6) is 0 Å². The number of aliphatic hydroxyl groups excluding tert-OH is 1. The number of aliphatic hydroxyl groups is 1. The number of nitrogens with one attached hydrogen (secondary N) is 1. The van der Waals surface area contributed by atoms with Crippen LogP contribution in [0.4, 0.5) is 23.7 Å².